The molecule has 0 aliphatic carbocycles. The number of ether oxygens (including phenoxy) is 2. The fraction of sp³-hybridized carbons (Fsp3) is 0.357. The Labute approximate surface area is 106 Å². The van der Waals surface area contributed by atoms with Gasteiger partial charge in [-0.15, -0.1) is 0 Å². The van der Waals surface area contributed by atoms with Crippen molar-refractivity contribution in [2.24, 2.45) is 0 Å². The second-order valence-electron chi connectivity index (χ2n) is 4.27. The molecule has 0 unspecified atom stereocenters. The molecular weight excluding hydrogens is 230 g/mol. The van der Waals surface area contributed by atoms with Gasteiger partial charge in [0.1, 0.15) is 17.3 Å². The number of Topliss-reactive ketones (excluding diaryl/α,β-unsaturated/α-hetero) is 1. The number of hydrogen-bond acceptors (Lipinski definition) is 3. The first-order valence-corrected chi connectivity index (χ1v) is 5.87. The van der Waals surface area contributed by atoms with Crippen LogP contribution in [-0.4, -0.2) is 25.0 Å². The Hall–Kier alpha value is -1.97. The van der Waals surface area contributed by atoms with Crippen molar-refractivity contribution in [3.63, 3.8) is 0 Å². The van der Waals surface area contributed by atoms with Crippen LogP contribution in [0.15, 0.2) is 18.3 Å². The molecule has 0 spiro atoms. The minimum atomic E-state index is 0.192. The average Bonchev–Trinajstić information content (AvgIpc) is 2.78. The lowest BCUT2D eigenvalue weighted by atomic mass is 10.1. The standard InChI is InChI=1S/C14H17NO3/c1-9(16)4-5-10-8-15-12-6-11(17-2)7-13(18-3)14(10)12/h6-8,15H,4-5H2,1-3H3. The number of methoxy groups -OCH3 is 2. The highest BCUT2D eigenvalue weighted by Gasteiger charge is 2.12. The Balaban J connectivity index is 2.46. The van der Waals surface area contributed by atoms with Crippen molar-refractivity contribution in [1.29, 1.82) is 0 Å². The average molecular weight is 247 g/mol. The molecule has 0 saturated carbocycles. The lowest BCUT2D eigenvalue weighted by Gasteiger charge is -2.07. The Bertz CT molecular complexity index is 572. The normalized spacial score (nSPS) is 10.6. The van der Waals surface area contributed by atoms with E-state index in [-0.39, 0.29) is 5.78 Å². The van der Waals surface area contributed by atoms with Crippen LogP contribution in [0.2, 0.25) is 0 Å². The highest BCUT2D eigenvalue weighted by molar-refractivity contribution is 5.91. The van der Waals surface area contributed by atoms with Gasteiger partial charge in [-0.2, -0.15) is 0 Å². The van der Waals surface area contributed by atoms with Gasteiger partial charge in [0, 0.05) is 30.1 Å². The van der Waals surface area contributed by atoms with Gasteiger partial charge in [0.25, 0.3) is 0 Å². The van der Waals surface area contributed by atoms with E-state index in [1.807, 2.05) is 18.3 Å². The van der Waals surface area contributed by atoms with E-state index in [2.05, 4.69) is 4.98 Å². The van der Waals surface area contributed by atoms with E-state index in [1.165, 1.54) is 0 Å². The van der Waals surface area contributed by atoms with Gasteiger partial charge in [0.05, 0.1) is 19.7 Å². The number of nitrogens with one attached hydrogen (secondary N) is 1. The molecule has 1 aromatic heterocycles. The van der Waals surface area contributed by atoms with E-state index in [4.69, 9.17) is 9.47 Å². The van der Waals surface area contributed by atoms with Crippen LogP contribution in [0.5, 0.6) is 11.5 Å². The molecular formula is C14H17NO3. The highest BCUT2D eigenvalue weighted by Crippen LogP contribution is 2.33. The molecule has 0 fully saturated rings. The number of aromatic nitrogens is 1. The van der Waals surface area contributed by atoms with Crippen molar-refractivity contribution in [2.45, 2.75) is 19.8 Å². The number of aromatic amines is 1. The second-order valence-corrected chi connectivity index (χ2v) is 4.27. The molecule has 0 amide bonds. The van der Waals surface area contributed by atoms with Crippen LogP contribution < -0.4 is 9.47 Å². The number of carbonyl (C=O) groups excluding carboxylic acids is 1. The van der Waals surface area contributed by atoms with E-state index in [9.17, 15) is 4.79 Å². The topological polar surface area (TPSA) is 51.3 Å². The van der Waals surface area contributed by atoms with Crippen LogP contribution in [0.3, 0.4) is 0 Å². The number of benzene rings is 1. The summed E-state index contributed by atoms with van der Waals surface area (Å²) in [5.41, 5.74) is 2.06. The van der Waals surface area contributed by atoms with Gasteiger partial charge in [-0.1, -0.05) is 0 Å². The third kappa shape index (κ3) is 2.32. The number of aryl methyl sites for hydroxylation is 1. The van der Waals surface area contributed by atoms with Gasteiger partial charge in [-0.25, -0.2) is 0 Å². The molecule has 0 aliphatic heterocycles. The molecule has 18 heavy (non-hydrogen) atoms. The first kappa shape index (κ1) is 12.5. The fourth-order valence-electron chi connectivity index (χ4n) is 2.06. The summed E-state index contributed by atoms with van der Waals surface area (Å²) in [5.74, 6) is 1.71. The van der Waals surface area contributed by atoms with Gasteiger partial charge >= 0.3 is 0 Å². The number of ketones is 1. The van der Waals surface area contributed by atoms with Crippen molar-refractivity contribution < 1.29 is 14.3 Å². The van der Waals surface area contributed by atoms with Gasteiger partial charge in [-0.05, 0) is 18.9 Å². The first-order valence-electron chi connectivity index (χ1n) is 5.87. The van der Waals surface area contributed by atoms with Crippen molar-refractivity contribution >= 4 is 16.7 Å². The van der Waals surface area contributed by atoms with Crippen molar-refractivity contribution in [3.05, 3.63) is 23.9 Å². The summed E-state index contributed by atoms with van der Waals surface area (Å²) < 4.78 is 10.6. The summed E-state index contributed by atoms with van der Waals surface area (Å²) in [7, 11) is 3.26. The minimum absolute atomic E-state index is 0.192. The number of fused-ring (bicyclic) bond motifs is 1. The predicted octanol–water partition coefficient (Wildman–Crippen LogP) is 2.71. The molecule has 4 nitrogen and oxygen atoms in total. The third-order valence-electron chi connectivity index (χ3n) is 3.00. The van der Waals surface area contributed by atoms with Crippen LogP contribution in [0.25, 0.3) is 10.9 Å². The van der Waals surface area contributed by atoms with E-state index in [0.717, 1.165) is 34.4 Å². The fourth-order valence-corrected chi connectivity index (χ4v) is 2.06. The van der Waals surface area contributed by atoms with E-state index >= 15 is 0 Å². The van der Waals surface area contributed by atoms with E-state index in [1.54, 1.807) is 21.1 Å². The van der Waals surface area contributed by atoms with Gasteiger partial charge in [0.15, 0.2) is 0 Å². The van der Waals surface area contributed by atoms with E-state index < -0.39 is 0 Å². The third-order valence-corrected chi connectivity index (χ3v) is 3.00. The SMILES string of the molecule is COc1cc(OC)c2c(CCC(C)=O)c[nH]c2c1. The smallest absolute Gasteiger partial charge is 0.132 e. The van der Waals surface area contributed by atoms with Gasteiger partial charge in [-0.3, -0.25) is 0 Å². The predicted molar refractivity (Wildman–Crippen MR) is 70.4 cm³/mol. The van der Waals surface area contributed by atoms with E-state index in [0.29, 0.717) is 6.42 Å². The minimum Gasteiger partial charge on any atom is -0.497 e. The Morgan fingerprint density at radius 1 is 1.28 bits per heavy atom. The number of H-pyrrole nitrogens is 1. The van der Waals surface area contributed by atoms with Crippen LogP contribution in [0.4, 0.5) is 0 Å². The molecule has 0 saturated heterocycles. The van der Waals surface area contributed by atoms with Crippen LogP contribution in [0, 0.1) is 0 Å². The molecule has 1 heterocycles. The zero-order chi connectivity index (χ0) is 13.1. The lowest BCUT2D eigenvalue weighted by molar-refractivity contribution is -0.116. The van der Waals surface area contributed by atoms with Crippen LogP contribution in [-0.2, 0) is 11.2 Å². The molecule has 0 bridgehead atoms. The summed E-state index contributed by atoms with van der Waals surface area (Å²) in [6.07, 6.45) is 3.19. The van der Waals surface area contributed by atoms with Crippen molar-refractivity contribution in [2.75, 3.05) is 14.2 Å². The Morgan fingerprint density at radius 3 is 2.67 bits per heavy atom. The molecule has 0 atom stereocenters. The molecule has 96 valence electrons. The monoisotopic (exact) mass is 247 g/mol. The molecule has 0 radical (unpaired) electrons. The molecule has 4 heteroatoms. The Morgan fingerprint density at radius 2 is 2.06 bits per heavy atom. The largest absolute Gasteiger partial charge is 0.497 e. The first-order chi connectivity index (χ1) is 8.65. The zero-order valence-electron chi connectivity index (χ0n) is 10.9. The van der Waals surface area contributed by atoms with Crippen molar-refractivity contribution in [3.8, 4) is 11.5 Å². The molecule has 0 aliphatic rings. The molecule has 2 aromatic rings. The molecule has 1 aromatic carbocycles. The molecule has 1 N–H and O–H groups in total. The maximum Gasteiger partial charge on any atom is 0.132 e. The van der Waals surface area contributed by atoms with Gasteiger partial charge in [0.2, 0.25) is 0 Å². The summed E-state index contributed by atoms with van der Waals surface area (Å²) in [4.78, 5) is 14.3. The maximum absolute atomic E-state index is 11.1. The summed E-state index contributed by atoms with van der Waals surface area (Å²) in [5, 5.41) is 1.03. The summed E-state index contributed by atoms with van der Waals surface area (Å²) >= 11 is 0. The van der Waals surface area contributed by atoms with Crippen LogP contribution in [0.1, 0.15) is 18.9 Å². The van der Waals surface area contributed by atoms with Crippen molar-refractivity contribution in [1.82, 2.24) is 4.98 Å². The summed E-state index contributed by atoms with van der Waals surface area (Å²) in [6, 6.07) is 3.78. The zero-order valence-corrected chi connectivity index (χ0v) is 10.9. The summed E-state index contributed by atoms with van der Waals surface area (Å²) in [6.45, 7) is 1.61. The van der Waals surface area contributed by atoms with Crippen LogP contribution >= 0.6 is 0 Å². The van der Waals surface area contributed by atoms with Gasteiger partial charge < -0.3 is 19.3 Å². The highest BCUT2D eigenvalue weighted by atomic mass is 16.5. The number of rotatable bonds is 5. The second kappa shape index (κ2) is 5.12. The number of hydrogen-bond donors (Lipinski definition) is 1. The Kier molecular flexibility index (Phi) is 3.55. The number of carbonyl (C=O) groups is 1. The maximum atomic E-state index is 11.1. The quantitative estimate of drug-likeness (QED) is 0.883. The molecule has 2 rings (SSSR count). The lowest BCUT2D eigenvalue weighted by Crippen LogP contribution is -1.94.